The fourth-order valence-electron chi connectivity index (χ4n) is 0.354. The summed E-state index contributed by atoms with van der Waals surface area (Å²) in [7, 11) is 0. The second-order valence-electron chi connectivity index (χ2n) is 1.92. The Hall–Kier alpha value is 0.350. The van der Waals surface area contributed by atoms with Crippen LogP contribution < -0.4 is 0 Å². The molecular weight excluding hydrogens is 104 g/mol. The minimum atomic E-state index is 0.819. The third kappa shape index (κ3) is 6.35. The molecule has 1 heteroatoms. The van der Waals surface area contributed by atoms with Gasteiger partial charge in [-0.15, -0.1) is 0 Å². The first-order valence-electron chi connectivity index (χ1n) is 2.89. The van der Waals surface area contributed by atoms with Gasteiger partial charge in [-0.3, -0.25) is 0 Å². The lowest BCUT2D eigenvalue weighted by Crippen LogP contribution is -1.86. The van der Waals surface area contributed by atoms with Crippen LogP contribution in [0.1, 0.15) is 27.2 Å². The Labute approximate surface area is 50.7 Å². The molecule has 0 bridgehead atoms. The van der Waals surface area contributed by atoms with Gasteiger partial charge in [-0.2, -0.15) is 11.8 Å². The van der Waals surface area contributed by atoms with Crippen molar-refractivity contribution in [3.63, 3.8) is 0 Å². The predicted octanol–water partition coefficient (Wildman–Crippen LogP) is 2.54. The smallest absolute Gasteiger partial charge is 0.000969 e. The monoisotopic (exact) mass is 118 g/mol. The van der Waals surface area contributed by atoms with Crippen molar-refractivity contribution in [1.29, 1.82) is 0 Å². The van der Waals surface area contributed by atoms with Crippen molar-refractivity contribution in [3.05, 3.63) is 0 Å². The van der Waals surface area contributed by atoms with E-state index in [-0.39, 0.29) is 0 Å². The van der Waals surface area contributed by atoms with Gasteiger partial charge in [-0.05, 0) is 17.4 Å². The third-order valence-corrected chi connectivity index (χ3v) is 1.97. The van der Waals surface area contributed by atoms with E-state index < -0.39 is 0 Å². The molecule has 0 aromatic carbocycles. The first-order chi connectivity index (χ1) is 3.27. The molecule has 0 aromatic rings. The zero-order valence-corrected chi connectivity index (χ0v) is 6.22. The maximum absolute atomic E-state index is 2.24. The zero-order chi connectivity index (χ0) is 5.70. The van der Waals surface area contributed by atoms with Gasteiger partial charge in [0.05, 0.1) is 0 Å². The van der Waals surface area contributed by atoms with E-state index in [9.17, 15) is 0 Å². The van der Waals surface area contributed by atoms with Crippen LogP contribution in [0.2, 0.25) is 0 Å². The van der Waals surface area contributed by atoms with Gasteiger partial charge in [-0.25, -0.2) is 0 Å². The van der Waals surface area contributed by atoms with Crippen LogP contribution in [-0.4, -0.2) is 11.0 Å². The molecule has 0 radical (unpaired) electrons. The summed E-state index contributed by atoms with van der Waals surface area (Å²) in [4.78, 5) is 0. The summed E-state index contributed by atoms with van der Waals surface area (Å²) >= 11 is 2.03. The Kier molecular flexibility index (Phi) is 4.73. The lowest BCUT2D eigenvalue weighted by molar-refractivity contribution is 1.06. The van der Waals surface area contributed by atoms with Crippen molar-refractivity contribution in [3.8, 4) is 0 Å². The fraction of sp³-hybridized carbons (Fsp3) is 1.00. The van der Waals surface area contributed by atoms with Gasteiger partial charge in [0.2, 0.25) is 0 Å². The first kappa shape index (κ1) is 7.35. The molecule has 0 atom stereocenters. The van der Waals surface area contributed by atoms with Gasteiger partial charge in [0.1, 0.15) is 0 Å². The molecule has 44 valence electrons. The van der Waals surface area contributed by atoms with E-state index >= 15 is 0 Å². The molecule has 0 heterocycles. The maximum atomic E-state index is 2.24. The summed E-state index contributed by atoms with van der Waals surface area (Å²) in [6, 6.07) is 0. The second-order valence-corrected chi connectivity index (χ2v) is 3.60. The van der Waals surface area contributed by atoms with E-state index in [1.54, 1.807) is 0 Å². The summed E-state index contributed by atoms with van der Waals surface area (Å²) in [6.07, 6.45) is 1.31. The van der Waals surface area contributed by atoms with Crippen molar-refractivity contribution < 1.29 is 0 Å². The van der Waals surface area contributed by atoms with Crippen LogP contribution in [0.25, 0.3) is 0 Å². The lowest BCUT2D eigenvalue weighted by atomic mass is 10.6. The molecule has 0 fully saturated rings. The molecule has 0 rings (SSSR count). The van der Waals surface area contributed by atoms with Gasteiger partial charge in [0.25, 0.3) is 0 Å². The second kappa shape index (κ2) is 4.51. The number of hydrogen-bond donors (Lipinski definition) is 0. The summed E-state index contributed by atoms with van der Waals surface area (Å²) in [6.45, 7) is 6.69. The molecular formula is C6H14S. The third-order valence-electron chi connectivity index (χ3n) is 0.655. The van der Waals surface area contributed by atoms with Crippen LogP contribution >= 0.6 is 11.8 Å². The van der Waals surface area contributed by atoms with Crippen molar-refractivity contribution in [1.82, 2.24) is 0 Å². The van der Waals surface area contributed by atoms with Gasteiger partial charge >= 0.3 is 0 Å². The fourth-order valence-corrected chi connectivity index (χ4v) is 1.06. The van der Waals surface area contributed by atoms with E-state index in [0.29, 0.717) is 0 Å². The van der Waals surface area contributed by atoms with Crippen LogP contribution in [0.4, 0.5) is 0 Å². The summed E-state index contributed by atoms with van der Waals surface area (Å²) in [5.41, 5.74) is 0. The van der Waals surface area contributed by atoms with E-state index in [4.69, 9.17) is 0 Å². The van der Waals surface area contributed by atoms with Crippen molar-refractivity contribution in [2.45, 2.75) is 32.4 Å². The van der Waals surface area contributed by atoms with E-state index in [0.717, 1.165) is 5.25 Å². The van der Waals surface area contributed by atoms with Gasteiger partial charge in [-0.1, -0.05) is 20.8 Å². The average molecular weight is 118 g/mol. The topological polar surface area (TPSA) is 0 Å². The highest BCUT2D eigenvalue weighted by Gasteiger charge is 1.88. The highest BCUT2D eigenvalue weighted by atomic mass is 32.2. The molecule has 0 saturated heterocycles. The maximum Gasteiger partial charge on any atom is -0.000969 e. The molecule has 0 unspecified atom stereocenters. The van der Waals surface area contributed by atoms with Gasteiger partial charge in [0.15, 0.2) is 0 Å². The highest BCUT2D eigenvalue weighted by Crippen LogP contribution is 2.08. The number of hydrogen-bond acceptors (Lipinski definition) is 1. The van der Waals surface area contributed by atoms with Crippen LogP contribution in [0.15, 0.2) is 0 Å². The average Bonchev–Trinajstić information content (AvgIpc) is 1.61. The Morgan fingerprint density at radius 1 is 1.43 bits per heavy atom. The first-order valence-corrected chi connectivity index (χ1v) is 3.93. The summed E-state index contributed by atoms with van der Waals surface area (Å²) in [5.74, 6) is 1.32. The quantitative estimate of drug-likeness (QED) is 0.548. The van der Waals surface area contributed by atoms with Crippen molar-refractivity contribution in [2.24, 2.45) is 0 Å². The van der Waals surface area contributed by atoms with Crippen molar-refractivity contribution >= 4 is 11.8 Å². The largest absolute Gasteiger partial charge is 0.159 e. The van der Waals surface area contributed by atoms with Gasteiger partial charge in [0, 0.05) is 0 Å². The molecule has 0 aliphatic rings. The molecule has 0 saturated carbocycles. The van der Waals surface area contributed by atoms with Crippen LogP contribution in [0.5, 0.6) is 0 Å². The Morgan fingerprint density at radius 3 is 2.14 bits per heavy atom. The molecule has 7 heavy (non-hydrogen) atoms. The predicted molar refractivity (Wildman–Crippen MR) is 37.9 cm³/mol. The molecule has 0 amide bonds. The Morgan fingerprint density at radius 2 is 2.00 bits per heavy atom. The minimum absolute atomic E-state index is 0.819. The summed E-state index contributed by atoms with van der Waals surface area (Å²) < 4.78 is 0. The SMILES string of the molecule is CCCSC(C)C. The van der Waals surface area contributed by atoms with Gasteiger partial charge < -0.3 is 0 Å². The van der Waals surface area contributed by atoms with Crippen molar-refractivity contribution in [2.75, 3.05) is 5.75 Å². The number of thioether (sulfide) groups is 1. The molecule has 0 aliphatic heterocycles. The van der Waals surface area contributed by atoms with E-state index in [1.807, 2.05) is 11.8 Å². The standard InChI is InChI=1S/C6H14S/c1-4-5-7-6(2)3/h6H,4-5H2,1-3H3. The molecule has 0 N–H and O–H groups in total. The molecule has 0 aromatic heterocycles. The highest BCUT2D eigenvalue weighted by molar-refractivity contribution is 7.99. The number of rotatable bonds is 3. The Bertz CT molecular complexity index is 33.2. The molecule has 0 spiro atoms. The van der Waals surface area contributed by atoms with E-state index in [2.05, 4.69) is 20.8 Å². The normalized spacial score (nSPS) is 10.3. The molecule has 0 nitrogen and oxygen atoms in total. The summed E-state index contributed by atoms with van der Waals surface area (Å²) in [5, 5.41) is 0.819. The van der Waals surface area contributed by atoms with Crippen LogP contribution in [-0.2, 0) is 0 Å². The minimum Gasteiger partial charge on any atom is -0.159 e. The molecule has 0 aliphatic carbocycles. The zero-order valence-electron chi connectivity index (χ0n) is 5.40. The van der Waals surface area contributed by atoms with Crippen LogP contribution in [0, 0.1) is 0 Å². The van der Waals surface area contributed by atoms with Crippen LogP contribution in [0.3, 0.4) is 0 Å². The Balaban J connectivity index is 2.68. The van der Waals surface area contributed by atoms with E-state index in [1.165, 1.54) is 12.2 Å². The lowest BCUT2D eigenvalue weighted by Gasteiger charge is -1.99.